The highest BCUT2D eigenvalue weighted by Crippen LogP contribution is 2.32. The highest BCUT2D eigenvalue weighted by atomic mass is 32.1. The number of nitrogens with zero attached hydrogens (tertiary/aromatic N) is 1. The van der Waals surface area contributed by atoms with Gasteiger partial charge in [-0.2, -0.15) is 0 Å². The van der Waals surface area contributed by atoms with Gasteiger partial charge in [0.15, 0.2) is 5.13 Å². The van der Waals surface area contributed by atoms with Crippen LogP contribution in [0.2, 0.25) is 0 Å². The van der Waals surface area contributed by atoms with Crippen molar-refractivity contribution in [1.82, 2.24) is 4.98 Å². The van der Waals surface area contributed by atoms with Gasteiger partial charge in [0.2, 0.25) is 0 Å². The van der Waals surface area contributed by atoms with E-state index in [-0.39, 0.29) is 11.5 Å². The van der Waals surface area contributed by atoms with E-state index in [4.69, 9.17) is 0 Å². The van der Waals surface area contributed by atoms with Crippen molar-refractivity contribution in [3.63, 3.8) is 0 Å². The zero-order chi connectivity index (χ0) is 22.8. The van der Waals surface area contributed by atoms with Crippen molar-refractivity contribution >= 4 is 39.1 Å². The van der Waals surface area contributed by atoms with Crippen molar-refractivity contribution in [3.8, 4) is 22.4 Å². The summed E-state index contributed by atoms with van der Waals surface area (Å²) in [6.45, 7) is 0. The first kappa shape index (κ1) is 20.6. The fraction of sp³-hybridized carbons (Fsp3) is 0. The fourth-order valence-corrected chi connectivity index (χ4v) is 4.59. The number of carboxylic acid groups (broad SMARTS) is 1. The summed E-state index contributed by atoms with van der Waals surface area (Å²) < 4.78 is 0. The Morgan fingerprint density at radius 3 is 2.12 bits per heavy atom. The minimum absolute atomic E-state index is 0.144. The molecule has 1 amide bonds. The monoisotopic (exact) mass is 450 g/mol. The van der Waals surface area contributed by atoms with E-state index in [2.05, 4.69) is 28.5 Å². The Morgan fingerprint density at radius 2 is 1.33 bits per heavy atom. The van der Waals surface area contributed by atoms with Crippen molar-refractivity contribution in [2.24, 2.45) is 0 Å². The zero-order valence-corrected chi connectivity index (χ0v) is 18.2. The van der Waals surface area contributed by atoms with Crippen LogP contribution in [-0.4, -0.2) is 22.0 Å². The van der Waals surface area contributed by atoms with E-state index in [0.717, 1.165) is 22.0 Å². The lowest BCUT2D eigenvalue weighted by molar-refractivity contribution is 0.0697. The Bertz CT molecular complexity index is 1500. The summed E-state index contributed by atoms with van der Waals surface area (Å²) in [7, 11) is 0. The van der Waals surface area contributed by atoms with Crippen LogP contribution in [-0.2, 0) is 0 Å². The number of rotatable bonds is 5. The lowest BCUT2D eigenvalue weighted by Crippen LogP contribution is -2.13. The van der Waals surface area contributed by atoms with Crippen LogP contribution in [0.25, 0.3) is 33.2 Å². The lowest BCUT2D eigenvalue weighted by atomic mass is 9.95. The standard InChI is InChI=1S/C27H18N2O3S/c30-25(22-13-5-3-11-19(22)20-12-4-6-14-23(20)26(31)32)29-27-28-24(16-33-27)21-15-7-9-17-8-1-2-10-18(17)21/h1-16H,(H,31,32)(H,28,29,30). The molecule has 6 heteroatoms. The van der Waals surface area contributed by atoms with Gasteiger partial charge in [0, 0.05) is 16.5 Å². The molecule has 0 atom stereocenters. The molecule has 0 saturated heterocycles. The van der Waals surface area contributed by atoms with Crippen molar-refractivity contribution < 1.29 is 14.7 Å². The van der Waals surface area contributed by atoms with E-state index in [1.807, 2.05) is 29.6 Å². The predicted octanol–water partition coefficient (Wildman–Crippen LogP) is 6.58. The topological polar surface area (TPSA) is 79.3 Å². The number of thiazole rings is 1. The smallest absolute Gasteiger partial charge is 0.336 e. The van der Waals surface area contributed by atoms with Crippen molar-refractivity contribution in [1.29, 1.82) is 0 Å². The highest BCUT2D eigenvalue weighted by Gasteiger charge is 2.18. The molecule has 0 bridgehead atoms. The summed E-state index contributed by atoms with van der Waals surface area (Å²) in [5.41, 5.74) is 3.36. The molecule has 0 spiro atoms. The van der Waals surface area contributed by atoms with E-state index in [9.17, 15) is 14.7 Å². The Balaban J connectivity index is 1.47. The van der Waals surface area contributed by atoms with Crippen LogP contribution in [0, 0.1) is 0 Å². The second kappa shape index (κ2) is 8.68. The van der Waals surface area contributed by atoms with Crippen LogP contribution >= 0.6 is 11.3 Å². The molecule has 160 valence electrons. The first-order valence-corrected chi connectivity index (χ1v) is 11.2. The molecule has 5 aromatic rings. The maximum Gasteiger partial charge on any atom is 0.336 e. The van der Waals surface area contributed by atoms with E-state index in [0.29, 0.717) is 21.8 Å². The maximum atomic E-state index is 13.2. The minimum Gasteiger partial charge on any atom is -0.478 e. The van der Waals surface area contributed by atoms with Crippen LogP contribution in [0.1, 0.15) is 20.7 Å². The lowest BCUT2D eigenvalue weighted by Gasteiger charge is -2.11. The molecule has 0 aliphatic rings. The normalized spacial score (nSPS) is 10.8. The van der Waals surface area contributed by atoms with Crippen LogP contribution in [0.5, 0.6) is 0 Å². The highest BCUT2D eigenvalue weighted by molar-refractivity contribution is 7.14. The summed E-state index contributed by atoms with van der Waals surface area (Å²) in [6.07, 6.45) is 0. The molecule has 2 N–H and O–H groups in total. The molecular formula is C27H18N2O3S. The molecular weight excluding hydrogens is 432 g/mol. The minimum atomic E-state index is -1.04. The molecule has 5 rings (SSSR count). The SMILES string of the molecule is O=C(O)c1ccccc1-c1ccccc1C(=O)Nc1nc(-c2cccc3ccccc23)cs1. The summed E-state index contributed by atoms with van der Waals surface area (Å²) in [5, 5.41) is 17.1. The van der Waals surface area contributed by atoms with Crippen molar-refractivity contribution in [2.75, 3.05) is 5.32 Å². The number of benzene rings is 4. The summed E-state index contributed by atoms with van der Waals surface area (Å²) in [5.74, 6) is -1.38. The van der Waals surface area contributed by atoms with Gasteiger partial charge in [0.25, 0.3) is 5.91 Å². The Labute approximate surface area is 194 Å². The molecule has 0 radical (unpaired) electrons. The van der Waals surface area contributed by atoms with Gasteiger partial charge in [0.05, 0.1) is 11.3 Å². The first-order valence-electron chi connectivity index (χ1n) is 10.3. The van der Waals surface area contributed by atoms with Gasteiger partial charge in [0.1, 0.15) is 0 Å². The van der Waals surface area contributed by atoms with Gasteiger partial charge in [-0.25, -0.2) is 9.78 Å². The number of fused-ring (bicyclic) bond motifs is 1. The van der Waals surface area contributed by atoms with Gasteiger partial charge in [-0.1, -0.05) is 78.9 Å². The summed E-state index contributed by atoms with van der Waals surface area (Å²) in [4.78, 5) is 29.5. The van der Waals surface area contributed by atoms with Crippen LogP contribution in [0.15, 0.2) is 96.4 Å². The number of carbonyl (C=O) groups excluding carboxylic acids is 1. The Kier molecular flexibility index (Phi) is 5.42. The Hall–Kier alpha value is -4.29. The predicted molar refractivity (Wildman–Crippen MR) is 132 cm³/mol. The molecule has 33 heavy (non-hydrogen) atoms. The number of amides is 1. The number of nitrogens with one attached hydrogen (secondary N) is 1. The van der Waals surface area contributed by atoms with Crippen LogP contribution in [0.3, 0.4) is 0 Å². The average molecular weight is 451 g/mol. The van der Waals surface area contributed by atoms with E-state index in [1.54, 1.807) is 42.5 Å². The van der Waals surface area contributed by atoms with Crippen LogP contribution in [0.4, 0.5) is 5.13 Å². The number of anilines is 1. The van der Waals surface area contributed by atoms with Gasteiger partial charge in [-0.15, -0.1) is 11.3 Å². The summed E-state index contributed by atoms with van der Waals surface area (Å²) >= 11 is 1.35. The van der Waals surface area contributed by atoms with E-state index in [1.165, 1.54) is 17.4 Å². The first-order chi connectivity index (χ1) is 16.1. The zero-order valence-electron chi connectivity index (χ0n) is 17.4. The Morgan fingerprint density at radius 1 is 0.727 bits per heavy atom. The van der Waals surface area contributed by atoms with Crippen molar-refractivity contribution in [3.05, 3.63) is 108 Å². The van der Waals surface area contributed by atoms with Gasteiger partial charge in [-0.05, 0) is 34.0 Å². The molecule has 5 nitrogen and oxygen atoms in total. The molecule has 0 unspecified atom stereocenters. The molecule has 0 saturated carbocycles. The number of hydrogen-bond acceptors (Lipinski definition) is 4. The van der Waals surface area contributed by atoms with Gasteiger partial charge >= 0.3 is 5.97 Å². The van der Waals surface area contributed by atoms with E-state index >= 15 is 0 Å². The number of aromatic carboxylic acids is 1. The van der Waals surface area contributed by atoms with Crippen molar-refractivity contribution in [2.45, 2.75) is 0 Å². The molecule has 0 fully saturated rings. The largest absolute Gasteiger partial charge is 0.478 e. The molecule has 1 aromatic heterocycles. The number of hydrogen-bond donors (Lipinski definition) is 2. The third kappa shape index (κ3) is 4.00. The third-order valence-electron chi connectivity index (χ3n) is 5.41. The third-order valence-corrected chi connectivity index (χ3v) is 6.17. The molecule has 0 aliphatic carbocycles. The number of aromatic nitrogens is 1. The van der Waals surface area contributed by atoms with Gasteiger partial charge in [-0.3, -0.25) is 10.1 Å². The molecule has 0 aliphatic heterocycles. The number of carbonyl (C=O) groups is 2. The number of carboxylic acids is 1. The van der Waals surface area contributed by atoms with Crippen LogP contribution < -0.4 is 5.32 Å². The van der Waals surface area contributed by atoms with E-state index < -0.39 is 5.97 Å². The second-order valence-electron chi connectivity index (χ2n) is 7.42. The van der Waals surface area contributed by atoms with Gasteiger partial charge < -0.3 is 5.11 Å². The average Bonchev–Trinajstić information content (AvgIpc) is 3.31. The summed E-state index contributed by atoms with van der Waals surface area (Å²) in [6, 6.07) is 27.8. The maximum absolute atomic E-state index is 13.2. The quantitative estimate of drug-likeness (QED) is 0.317. The second-order valence-corrected chi connectivity index (χ2v) is 8.27. The molecule has 1 heterocycles. The molecule has 4 aromatic carbocycles. The fourth-order valence-electron chi connectivity index (χ4n) is 3.89.